The Labute approximate surface area is 290 Å². The number of methoxy groups -OCH3 is 1. The maximum Gasteiger partial charge on any atom is 0.212 e. The topological polar surface area (TPSA) is 55.9 Å². The van der Waals surface area contributed by atoms with Crippen molar-refractivity contribution in [2.75, 3.05) is 60.5 Å². The Hall–Kier alpha value is -4.24. The summed E-state index contributed by atoms with van der Waals surface area (Å²) in [5.41, 5.74) is 7.43. The van der Waals surface area contributed by atoms with Crippen molar-refractivity contribution in [1.82, 2.24) is 14.7 Å². The molecule has 8 nitrogen and oxygen atoms in total. The van der Waals surface area contributed by atoms with Crippen LogP contribution in [0.1, 0.15) is 59.3 Å². The third-order valence-electron chi connectivity index (χ3n) is 11.0. The second-order valence-corrected chi connectivity index (χ2v) is 13.8. The smallest absolute Gasteiger partial charge is 0.212 e. The molecule has 0 radical (unpaired) electrons. The molecule has 4 aromatic rings. The van der Waals surface area contributed by atoms with Crippen LogP contribution < -0.4 is 23.7 Å². The zero-order valence-electron chi connectivity index (χ0n) is 29.4. The Bertz CT molecular complexity index is 1850. The SMILES string of the molecule is CCN(CC)CCOc1ccc2cc1Oc1ccc(cc1)C[C@H]1c3c(cc(OC)c4c3Oc3cc5c(cc3O4)CCN(C)[C@H]5C2)CCN1C. The summed E-state index contributed by atoms with van der Waals surface area (Å²) in [4.78, 5) is 7.25. The number of rotatable bonds is 7. The molecule has 9 rings (SSSR count). The Morgan fingerprint density at radius 2 is 1.41 bits per heavy atom. The van der Waals surface area contributed by atoms with Gasteiger partial charge >= 0.3 is 0 Å². The normalized spacial score (nSPS) is 19.5. The first-order valence-corrected chi connectivity index (χ1v) is 17.8. The van der Waals surface area contributed by atoms with E-state index in [0.29, 0.717) is 12.4 Å². The number of ether oxygens (including phenoxy) is 5. The minimum atomic E-state index is 0.109. The molecular weight excluding hydrogens is 614 g/mol. The fraction of sp³-hybridized carbons (Fsp3) is 0.415. The van der Waals surface area contributed by atoms with Crippen LogP contribution in [0.4, 0.5) is 0 Å². The minimum Gasteiger partial charge on any atom is -0.493 e. The second-order valence-electron chi connectivity index (χ2n) is 13.8. The molecule has 5 aliphatic rings. The van der Waals surface area contributed by atoms with Crippen LogP contribution >= 0.6 is 0 Å². The lowest BCUT2D eigenvalue weighted by atomic mass is 9.86. The molecule has 0 fully saturated rings. The maximum atomic E-state index is 6.96. The zero-order valence-corrected chi connectivity index (χ0v) is 29.4. The Morgan fingerprint density at radius 3 is 2.18 bits per heavy atom. The lowest BCUT2D eigenvalue weighted by Gasteiger charge is -2.39. The number of hydrogen-bond acceptors (Lipinski definition) is 8. The summed E-state index contributed by atoms with van der Waals surface area (Å²) in [6.45, 7) is 9.77. The molecule has 49 heavy (non-hydrogen) atoms. The van der Waals surface area contributed by atoms with Gasteiger partial charge in [-0.15, -0.1) is 0 Å². The average Bonchev–Trinajstić information content (AvgIpc) is 3.11. The number of nitrogens with zero attached hydrogens (tertiary/aromatic N) is 3. The first-order chi connectivity index (χ1) is 23.9. The highest BCUT2D eigenvalue weighted by Gasteiger charge is 2.37. The first kappa shape index (κ1) is 32.0. The van der Waals surface area contributed by atoms with E-state index in [2.05, 4.69) is 103 Å². The molecule has 256 valence electrons. The molecule has 4 aromatic carbocycles. The van der Waals surface area contributed by atoms with Crippen molar-refractivity contribution in [2.45, 2.75) is 51.6 Å². The van der Waals surface area contributed by atoms with E-state index in [4.69, 9.17) is 23.7 Å². The highest BCUT2D eigenvalue weighted by molar-refractivity contribution is 5.67. The lowest BCUT2D eigenvalue weighted by Crippen LogP contribution is -2.34. The molecule has 0 N–H and O–H groups in total. The fourth-order valence-corrected chi connectivity index (χ4v) is 7.98. The van der Waals surface area contributed by atoms with Crippen LogP contribution in [0, 0.1) is 0 Å². The van der Waals surface area contributed by atoms with Gasteiger partial charge in [-0.25, -0.2) is 0 Å². The van der Waals surface area contributed by atoms with Crippen molar-refractivity contribution in [2.24, 2.45) is 0 Å². The molecule has 0 spiro atoms. The van der Waals surface area contributed by atoms with Gasteiger partial charge in [-0.05, 0) is 123 Å². The summed E-state index contributed by atoms with van der Waals surface area (Å²) in [5.74, 6) is 6.00. The molecule has 7 bridgehead atoms. The molecule has 2 atom stereocenters. The number of hydrogen-bond donors (Lipinski definition) is 0. The summed E-state index contributed by atoms with van der Waals surface area (Å²) >= 11 is 0. The van der Waals surface area contributed by atoms with Crippen molar-refractivity contribution in [3.63, 3.8) is 0 Å². The predicted octanol–water partition coefficient (Wildman–Crippen LogP) is 7.96. The first-order valence-electron chi connectivity index (χ1n) is 17.8. The summed E-state index contributed by atoms with van der Waals surface area (Å²) in [6.07, 6.45) is 3.52. The molecule has 5 aliphatic heterocycles. The van der Waals surface area contributed by atoms with Gasteiger partial charge in [0.25, 0.3) is 0 Å². The third kappa shape index (κ3) is 6.00. The van der Waals surface area contributed by atoms with Gasteiger partial charge in [0, 0.05) is 37.3 Å². The van der Waals surface area contributed by atoms with Gasteiger partial charge in [0.2, 0.25) is 5.75 Å². The van der Waals surface area contributed by atoms with E-state index in [9.17, 15) is 0 Å². The second kappa shape index (κ2) is 13.2. The summed E-state index contributed by atoms with van der Waals surface area (Å²) in [6, 6.07) is 21.8. The monoisotopic (exact) mass is 661 g/mol. The summed E-state index contributed by atoms with van der Waals surface area (Å²) in [7, 11) is 6.14. The average molecular weight is 662 g/mol. The van der Waals surface area contributed by atoms with Gasteiger partial charge in [0.05, 0.1) is 7.11 Å². The Kier molecular flexibility index (Phi) is 8.64. The van der Waals surface area contributed by atoms with Crippen LogP contribution in [0.3, 0.4) is 0 Å². The minimum absolute atomic E-state index is 0.109. The molecule has 0 aromatic heterocycles. The molecule has 0 amide bonds. The van der Waals surface area contributed by atoms with Gasteiger partial charge in [-0.3, -0.25) is 9.80 Å². The van der Waals surface area contributed by atoms with Crippen molar-refractivity contribution in [3.05, 3.63) is 94.0 Å². The summed E-state index contributed by atoms with van der Waals surface area (Å²) in [5, 5.41) is 0. The highest BCUT2D eigenvalue weighted by Crippen LogP contribution is 2.56. The van der Waals surface area contributed by atoms with Crippen LogP contribution in [0.25, 0.3) is 0 Å². The molecule has 0 saturated carbocycles. The van der Waals surface area contributed by atoms with E-state index in [-0.39, 0.29) is 12.1 Å². The van der Waals surface area contributed by atoms with Gasteiger partial charge in [0.15, 0.2) is 34.5 Å². The molecular formula is C41H47N3O5. The zero-order chi connectivity index (χ0) is 33.6. The van der Waals surface area contributed by atoms with Crippen LogP contribution in [-0.2, 0) is 25.7 Å². The Balaban J connectivity index is 1.24. The number of fused-ring (bicyclic) bond motifs is 2. The maximum absolute atomic E-state index is 6.96. The fourth-order valence-electron chi connectivity index (χ4n) is 7.98. The van der Waals surface area contributed by atoms with Crippen LogP contribution in [-0.4, -0.2) is 75.2 Å². The quantitative estimate of drug-likeness (QED) is 0.174. The van der Waals surface area contributed by atoms with E-state index < -0.39 is 0 Å². The van der Waals surface area contributed by atoms with Gasteiger partial charge in [-0.2, -0.15) is 0 Å². The lowest BCUT2D eigenvalue weighted by molar-refractivity contribution is 0.217. The summed E-state index contributed by atoms with van der Waals surface area (Å²) < 4.78 is 32.6. The van der Waals surface area contributed by atoms with E-state index in [0.717, 1.165) is 98.7 Å². The van der Waals surface area contributed by atoms with Gasteiger partial charge in [-0.1, -0.05) is 32.0 Å². The molecule has 5 heterocycles. The molecule has 0 aliphatic carbocycles. The Morgan fingerprint density at radius 1 is 0.714 bits per heavy atom. The highest BCUT2D eigenvalue weighted by atomic mass is 16.6. The van der Waals surface area contributed by atoms with E-state index in [1.54, 1.807) is 7.11 Å². The van der Waals surface area contributed by atoms with Crippen LogP contribution in [0.2, 0.25) is 0 Å². The van der Waals surface area contributed by atoms with E-state index in [1.807, 2.05) is 0 Å². The van der Waals surface area contributed by atoms with Crippen molar-refractivity contribution < 1.29 is 23.7 Å². The third-order valence-corrected chi connectivity index (χ3v) is 11.0. The molecule has 8 heteroatoms. The van der Waals surface area contributed by atoms with E-state index >= 15 is 0 Å². The number of benzene rings is 4. The van der Waals surface area contributed by atoms with Gasteiger partial charge in [0.1, 0.15) is 12.4 Å². The molecule has 0 saturated heterocycles. The standard InChI is InChI=1S/C41H47N3O5/c1-6-44(7-2)18-19-46-34-13-10-27-21-32-31-25-37-36(23-28(31)14-16-42(32)3)48-40-38(45-5)24-29-15-17-43(4)33(39(29)41(40)49-37)20-26-8-11-30(12-9-26)47-35(34)22-27/h8-13,22-25,32-33H,6-7,14-21H2,1-5H3/t32-,33-/m0/s1. The van der Waals surface area contributed by atoms with Crippen molar-refractivity contribution in [3.8, 4) is 46.0 Å². The number of likely N-dealkylation sites (N-methyl/N-ethyl adjacent to an activating group) is 3. The molecule has 0 unspecified atom stereocenters. The van der Waals surface area contributed by atoms with Crippen LogP contribution in [0.15, 0.2) is 60.7 Å². The van der Waals surface area contributed by atoms with Crippen LogP contribution in [0.5, 0.6) is 46.0 Å². The van der Waals surface area contributed by atoms with Crippen molar-refractivity contribution in [1.29, 1.82) is 0 Å². The predicted molar refractivity (Wildman–Crippen MR) is 191 cm³/mol. The van der Waals surface area contributed by atoms with E-state index in [1.165, 1.54) is 33.4 Å². The van der Waals surface area contributed by atoms with Crippen molar-refractivity contribution >= 4 is 0 Å². The van der Waals surface area contributed by atoms with Gasteiger partial charge < -0.3 is 28.6 Å². The largest absolute Gasteiger partial charge is 0.493 e.